The molecule has 0 bridgehead atoms. The van der Waals surface area contributed by atoms with Gasteiger partial charge in [0.25, 0.3) is 5.69 Å². The molecule has 1 rings (SSSR count). The van der Waals surface area contributed by atoms with Crippen molar-refractivity contribution in [1.29, 1.82) is 0 Å². The fourth-order valence-corrected chi connectivity index (χ4v) is 2.04. The van der Waals surface area contributed by atoms with E-state index in [1.54, 1.807) is 6.92 Å². The number of alkyl halides is 1. The van der Waals surface area contributed by atoms with Gasteiger partial charge in [-0.05, 0) is 25.0 Å². The Bertz CT molecular complexity index is 396. The number of nitro benzene ring substituents is 1. The van der Waals surface area contributed by atoms with E-state index in [0.717, 1.165) is 6.07 Å². The molecule has 0 fully saturated rings. The molecule has 0 radical (unpaired) electrons. The van der Waals surface area contributed by atoms with Gasteiger partial charge in [-0.3, -0.25) is 10.1 Å². The van der Waals surface area contributed by atoms with Gasteiger partial charge in [0.2, 0.25) is 0 Å². The molecule has 0 N–H and O–H groups in total. The standard InChI is InChI=1S/C11H13ClFNO2/c1-3-9(7(2)12)10-5-4-8(14(15)16)6-11(10)13/h4-7,9H,3H2,1-2H3. The molecule has 0 amide bonds. The molecule has 5 heteroatoms. The summed E-state index contributed by atoms with van der Waals surface area (Å²) in [5.74, 6) is -0.684. The molecule has 0 aromatic heterocycles. The van der Waals surface area contributed by atoms with Crippen LogP contribution in [0.4, 0.5) is 10.1 Å². The molecule has 0 saturated carbocycles. The predicted molar refractivity (Wildman–Crippen MR) is 61.4 cm³/mol. The van der Waals surface area contributed by atoms with E-state index in [4.69, 9.17) is 11.6 Å². The summed E-state index contributed by atoms with van der Waals surface area (Å²) in [5, 5.41) is 10.2. The Morgan fingerprint density at radius 3 is 2.56 bits per heavy atom. The average molecular weight is 246 g/mol. The van der Waals surface area contributed by atoms with Crippen molar-refractivity contribution in [1.82, 2.24) is 0 Å². The van der Waals surface area contributed by atoms with Crippen LogP contribution < -0.4 is 0 Å². The maximum absolute atomic E-state index is 13.6. The smallest absolute Gasteiger partial charge is 0.258 e. The molecule has 88 valence electrons. The lowest BCUT2D eigenvalue weighted by atomic mass is 9.93. The zero-order valence-corrected chi connectivity index (χ0v) is 9.87. The van der Waals surface area contributed by atoms with Gasteiger partial charge in [-0.2, -0.15) is 0 Å². The third-order valence-electron chi connectivity index (χ3n) is 2.59. The van der Waals surface area contributed by atoms with Crippen LogP contribution in [0.2, 0.25) is 0 Å². The molecule has 0 aliphatic carbocycles. The lowest BCUT2D eigenvalue weighted by molar-refractivity contribution is -0.385. The second-order valence-corrected chi connectivity index (χ2v) is 4.34. The summed E-state index contributed by atoms with van der Waals surface area (Å²) in [6, 6.07) is 3.69. The minimum Gasteiger partial charge on any atom is -0.258 e. The Morgan fingerprint density at radius 1 is 1.56 bits per heavy atom. The molecule has 1 aromatic rings. The van der Waals surface area contributed by atoms with Crippen molar-refractivity contribution >= 4 is 17.3 Å². The number of rotatable bonds is 4. The number of nitro groups is 1. The minimum absolute atomic E-state index is 0.123. The van der Waals surface area contributed by atoms with Gasteiger partial charge in [-0.1, -0.05) is 6.92 Å². The van der Waals surface area contributed by atoms with E-state index in [2.05, 4.69) is 0 Å². The summed E-state index contributed by atoms with van der Waals surface area (Å²) < 4.78 is 13.6. The first kappa shape index (κ1) is 12.9. The molecule has 3 nitrogen and oxygen atoms in total. The van der Waals surface area contributed by atoms with Gasteiger partial charge in [0, 0.05) is 17.4 Å². The number of nitrogens with zero attached hydrogens (tertiary/aromatic N) is 1. The zero-order valence-electron chi connectivity index (χ0n) is 9.11. The molecule has 0 aliphatic heterocycles. The van der Waals surface area contributed by atoms with Gasteiger partial charge in [-0.25, -0.2) is 4.39 Å². The number of hydrogen-bond acceptors (Lipinski definition) is 2. The van der Waals surface area contributed by atoms with Crippen LogP contribution in [0, 0.1) is 15.9 Å². The summed E-state index contributed by atoms with van der Waals surface area (Å²) >= 11 is 5.95. The van der Waals surface area contributed by atoms with Gasteiger partial charge in [0.15, 0.2) is 0 Å². The summed E-state index contributed by atoms with van der Waals surface area (Å²) in [6.07, 6.45) is 0.694. The van der Waals surface area contributed by atoms with Crippen molar-refractivity contribution in [3.63, 3.8) is 0 Å². The molecule has 16 heavy (non-hydrogen) atoms. The van der Waals surface area contributed by atoms with Crippen LogP contribution in [0.5, 0.6) is 0 Å². The van der Waals surface area contributed by atoms with E-state index in [-0.39, 0.29) is 17.0 Å². The van der Waals surface area contributed by atoms with Crippen molar-refractivity contribution < 1.29 is 9.31 Å². The molecule has 0 spiro atoms. The molecule has 0 saturated heterocycles. The lowest BCUT2D eigenvalue weighted by Crippen LogP contribution is -2.10. The van der Waals surface area contributed by atoms with E-state index < -0.39 is 10.7 Å². The van der Waals surface area contributed by atoms with Crippen molar-refractivity contribution in [3.8, 4) is 0 Å². The normalized spacial score (nSPS) is 14.5. The highest BCUT2D eigenvalue weighted by Gasteiger charge is 2.20. The quantitative estimate of drug-likeness (QED) is 0.459. The van der Waals surface area contributed by atoms with Crippen LogP contribution in [-0.4, -0.2) is 10.3 Å². The second-order valence-electron chi connectivity index (χ2n) is 3.66. The van der Waals surface area contributed by atoms with E-state index in [1.807, 2.05) is 6.92 Å². The Kier molecular flexibility index (Phi) is 4.24. The van der Waals surface area contributed by atoms with Crippen molar-refractivity contribution in [2.75, 3.05) is 0 Å². The molecule has 2 unspecified atom stereocenters. The third-order valence-corrected chi connectivity index (χ3v) is 2.89. The monoisotopic (exact) mass is 245 g/mol. The van der Waals surface area contributed by atoms with E-state index in [0.29, 0.717) is 12.0 Å². The summed E-state index contributed by atoms with van der Waals surface area (Å²) in [6.45, 7) is 3.70. The van der Waals surface area contributed by atoms with Crippen LogP contribution in [0.25, 0.3) is 0 Å². The highest BCUT2D eigenvalue weighted by Crippen LogP contribution is 2.30. The molecule has 2 atom stereocenters. The van der Waals surface area contributed by atoms with Gasteiger partial charge in [0.1, 0.15) is 5.82 Å². The number of benzene rings is 1. The van der Waals surface area contributed by atoms with Crippen molar-refractivity contribution in [3.05, 3.63) is 39.7 Å². The van der Waals surface area contributed by atoms with Crippen LogP contribution in [0.15, 0.2) is 18.2 Å². The molecular weight excluding hydrogens is 233 g/mol. The van der Waals surface area contributed by atoms with Crippen LogP contribution in [0.3, 0.4) is 0 Å². The highest BCUT2D eigenvalue weighted by atomic mass is 35.5. The fraction of sp³-hybridized carbons (Fsp3) is 0.455. The highest BCUT2D eigenvalue weighted by molar-refractivity contribution is 6.20. The summed E-state index contributed by atoms with van der Waals surface area (Å²) in [4.78, 5) is 9.84. The molecule has 0 aliphatic rings. The minimum atomic E-state index is -0.613. The number of halogens is 2. The Labute approximate surface area is 98.4 Å². The average Bonchev–Trinajstić information content (AvgIpc) is 2.20. The van der Waals surface area contributed by atoms with Crippen molar-refractivity contribution in [2.24, 2.45) is 0 Å². The largest absolute Gasteiger partial charge is 0.272 e. The second kappa shape index (κ2) is 5.25. The summed E-state index contributed by atoms with van der Waals surface area (Å²) in [5.41, 5.74) is 0.203. The molecular formula is C11H13ClFNO2. The van der Waals surface area contributed by atoms with Crippen LogP contribution in [-0.2, 0) is 0 Å². The first-order valence-corrected chi connectivity index (χ1v) is 5.49. The first-order valence-electron chi connectivity index (χ1n) is 5.05. The maximum atomic E-state index is 13.6. The Morgan fingerprint density at radius 2 is 2.19 bits per heavy atom. The lowest BCUT2D eigenvalue weighted by Gasteiger charge is -2.18. The summed E-state index contributed by atoms with van der Waals surface area (Å²) in [7, 11) is 0. The number of hydrogen-bond donors (Lipinski definition) is 0. The van der Waals surface area contributed by atoms with Gasteiger partial charge in [0.05, 0.1) is 11.0 Å². The maximum Gasteiger partial charge on any atom is 0.272 e. The van der Waals surface area contributed by atoms with E-state index >= 15 is 0 Å². The van der Waals surface area contributed by atoms with Gasteiger partial charge >= 0.3 is 0 Å². The Balaban J connectivity index is 3.11. The van der Waals surface area contributed by atoms with E-state index in [1.165, 1.54) is 12.1 Å². The topological polar surface area (TPSA) is 43.1 Å². The third kappa shape index (κ3) is 2.70. The van der Waals surface area contributed by atoms with Crippen LogP contribution >= 0.6 is 11.6 Å². The van der Waals surface area contributed by atoms with Crippen molar-refractivity contribution in [2.45, 2.75) is 31.6 Å². The molecule has 1 aromatic carbocycles. The fourth-order valence-electron chi connectivity index (χ4n) is 1.72. The Hall–Kier alpha value is -1.16. The van der Waals surface area contributed by atoms with Gasteiger partial charge in [-0.15, -0.1) is 11.6 Å². The first-order chi connectivity index (χ1) is 7.47. The molecule has 0 heterocycles. The zero-order chi connectivity index (χ0) is 12.3. The van der Waals surface area contributed by atoms with E-state index in [9.17, 15) is 14.5 Å². The van der Waals surface area contributed by atoms with Crippen LogP contribution in [0.1, 0.15) is 31.7 Å². The predicted octanol–water partition coefficient (Wildman–Crippen LogP) is 3.85. The SMILES string of the molecule is CCC(c1ccc([N+](=O)[O-])cc1F)C(C)Cl. The van der Waals surface area contributed by atoms with Gasteiger partial charge < -0.3 is 0 Å². The number of non-ortho nitro benzene ring substituents is 1.